The third kappa shape index (κ3) is 5.22. The summed E-state index contributed by atoms with van der Waals surface area (Å²) in [5.41, 5.74) is 7.77. The third-order valence-corrected chi connectivity index (χ3v) is 4.26. The summed E-state index contributed by atoms with van der Waals surface area (Å²) in [6.45, 7) is 3.46. The smallest absolute Gasteiger partial charge is 0.217 e. The van der Waals surface area contributed by atoms with Crippen LogP contribution in [0.1, 0.15) is 41.0 Å². The molecule has 0 fully saturated rings. The molecule has 1 aromatic heterocycles. The molecule has 1 heterocycles. The van der Waals surface area contributed by atoms with E-state index in [9.17, 15) is 9.59 Å². The van der Waals surface area contributed by atoms with Crippen molar-refractivity contribution in [1.29, 1.82) is 0 Å². The van der Waals surface area contributed by atoms with Crippen LogP contribution in [0.3, 0.4) is 0 Å². The normalized spacial score (nSPS) is 12.0. The molecule has 1 aromatic carbocycles. The van der Waals surface area contributed by atoms with Crippen LogP contribution in [0.15, 0.2) is 24.3 Å². The highest BCUT2D eigenvalue weighted by molar-refractivity contribution is 7.11. The number of rotatable bonds is 7. The van der Waals surface area contributed by atoms with E-state index in [-0.39, 0.29) is 24.2 Å². The molecular formula is C16H20N4O2S. The molecule has 0 radical (unpaired) electrons. The number of carbonyl (C=O) groups is 2. The first-order chi connectivity index (χ1) is 11.0. The van der Waals surface area contributed by atoms with E-state index in [2.05, 4.69) is 15.5 Å². The quantitative estimate of drug-likeness (QED) is 0.801. The van der Waals surface area contributed by atoms with Crippen LogP contribution in [0, 0.1) is 0 Å². The number of nitrogens with zero attached hydrogens (tertiary/aromatic N) is 2. The van der Waals surface area contributed by atoms with Gasteiger partial charge in [-0.05, 0) is 24.5 Å². The summed E-state index contributed by atoms with van der Waals surface area (Å²) in [5.74, 6) is -0.0901. The first-order valence-corrected chi connectivity index (χ1v) is 8.16. The summed E-state index contributed by atoms with van der Waals surface area (Å²) in [6.07, 6.45) is 0.870. The Morgan fingerprint density at radius 3 is 2.65 bits per heavy atom. The van der Waals surface area contributed by atoms with Crippen LogP contribution in [0.5, 0.6) is 0 Å². The van der Waals surface area contributed by atoms with Crippen molar-refractivity contribution in [2.24, 2.45) is 5.73 Å². The average Bonchev–Trinajstić information content (AvgIpc) is 2.94. The van der Waals surface area contributed by atoms with Crippen LogP contribution in [0.4, 0.5) is 0 Å². The molecule has 0 saturated carbocycles. The zero-order valence-corrected chi connectivity index (χ0v) is 14.0. The molecule has 0 spiro atoms. The van der Waals surface area contributed by atoms with Gasteiger partial charge in [-0.15, -0.1) is 10.2 Å². The molecule has 122 valence electrons. The molecule has 0 aliphatic heterocycles. The number of carbonyl (C=O) groups excluding carboxylic acids is 2. The van der Waals surface area contributed by atoms with Crippen LogP contribution in [-0.4, -0.2) is 21.9 Å². The highest BCUT2D eigenvalue weighted by Crippen LogP contribution is 2.23. The Morgan fingerprint density at radius 2 is 2.00 bits per heavy atom. The van der Waals surface area contributed by atoms with Gasteiger partial charge in [0, 0.05) is 13.5 Å². The van der Waals surface area contributed by atoms with Gasteiger partial charge in [-0.2, -0.15) is 0 Å². The van der Waals surface area contributed by atoms with Crippen LogP contribution in [-0.2, 0) is 29.0 Å². The number of hydrogen-bond acceptors (Lipinski definition) is 6. The number of benzene rings is 1. The summed E-state index contributed by atoms with van der Waals surface area (Å²) >= 11 is 1.36. The molecule has 2 aromatic rings. The molecule has 0 aliphatic carbocycles. The van der Waals surface area contributed by atoms with E-state index in [0.717, 1.165) is 11.1 Å². The second-order valence-corrected chi connectivity index (χ2v) is 6.49. The Kier molecular flexibility index (Phi) is 5.95. The summed E-state index contributed by atoms with van der Waals surface area (Å²) in [6, 6.07) is 7.66. The largest absolute Gasteiger partial charge is 0.347 e. The van der Waals surface area contributed by atoms with Crippen LogP contribution >= 0.6 is 11.3 Å². The molecule has 0 bridgehead atoms. The van der Waals surface area contributed by atoms with Crippen molar-refractivity contribution >= 4 is 23.0 Å². The van der Waals surface area contributed by atoms with Crippen molar-refractivity contribution in [1.82, 2.24) is 15.5 Å². The Morgan fingerprint density at radius 1 is 1.26 bits per heavy atom. The number of amides is 1. The van der Waals surface area contributed by atoms with E-state index >= 15 is 0 Å². The monoisotopic (exact) mass is 332 g/mol. The topological polar surface area (TPSA) is 98.0 Å². The molecular weight excluding hydrogens is 312 g/mol. The van der Waals surface area contributed by atoms with E-state index in [1.807, 2.05) is 24.3 Å². The maximum absolute atomic E-state index is 11.5. The molecule has 3 N–H and O–H groups in total. The molecule has 0 saturated heterocycles. The number of ketones is 1. The summed E-state index contributed by atoms with van der Waals surface area (Å²) < 4.78 is 0. The first-order valence-electron chi connectivity index (χ1n) is 7.34. The second-order valence-electron chi connectivity index (χ2n) is 5.39. The van der Waals surface area contributed by atoms with Crippen molar-refractivity contribution in [2.75, 3.05) is 0 Å². The fourth-order valence-electron chi connectivity index (χ4n) is 2.26. The Hall–Kier alpha value is -2.12. The summed E-state index contributed by atoms with van der Waals surface area (Å²) in [4.78, 5) is 22.7. The highest BCUT2D eigenvalue weighted by Gasteiger charge is 2.19. The molecule has 6 nitrogen and oxygen atoms in total. The number of hydrogen-bond donors (Lipinski definition) is 2. The molecule has 0 unspecified atom stereocenters. The standard InChI is InChI=1S/C16H20N4O2S/c1-10(21)6-15-19-20-16(23-15)14(18-11(2)22)8-12-4-3-5-13(7-12)9-17/h3-5,7,14H,6,8-9,17H2,1-2H3,(H,18,22)/t14-/m0/s1. The van der Waals surface area contributed by atoms with Gasteiger partial charge in [0.2, 0.25) is 5.91 Å². The van der Waals surface area contributed by atoms with Crippen LogP contribution in [0.2, 0.25) is 0 Å². The fraction of sp³-hybridized carbons (Fsp3) is 0.375. The number of Topliss-reactive ketones (excluding diaryl/α,β-unsaturated/α-hetero) is 1. The highest BCUT2D eigenvalue weighted by atomic mass is 32.1. The fourth-order valence-corrected chi connectivity index (χ4v) is 3.22. The lowest BCUT2D eigenvalue weighted by Gasteiger charge is -2.15. The summed E-state index contributed by atoms with van der Waals surface area (Å²) in [7, 11) is 0. The second kappa shape index (κ2) is 7.94. The van der Waals surface area contributed by atoms with Gasteiger partial charge in [-0.25, -0.2) is 0 Å². The number of nitrogens with one attached hydrogen (secondary N) is 1. The minimum atomic E-state index is -0.265. The van der Waals surface area contributed by atoms with Gasteiger partial charge in [-0.3, -0.25) is 9.59 Å². The summed E-state index contributed by atoms with van der Waals surface area (Å²) in [5, 5.41) is 12.4. The first kappa shape index (κ1) is 17.2. The van der Waals surface area contributed by atoms with E-state index < -0.39 is 0 Å². The molecule has 1 amide bonds. The zero-order valence-electron chi connectivity index (χ0n) is 13.2. The van der Waals surface area contributed by atoms with Gasteiger partial charge in [0.05, 0.1) is 12.5 Å². The van der Waals surface area contributed by atoms with Gasteiger partial charge < -0.3 is 11.1 Å². The van der Waals surface area contributed by atoms with Crippen molar-refractivity contribution in [3.8, 4) is 0 Å². The average molecular weight is 332 g/mol. The Labute approximate surface area is 139 Å². The van der Waals surface area contributed by atoms with Gasteiger partial charge in [-0.1, -0.05) is 35.6 Å². The van der Waals surface area contributed by atoms with Gasteiger partial charge in [0.15, 0.2) is 0 Å². The minimum Gasteiger partial charge on any atom is -0.347 e. The van der Waals surface area contributed by atoms with Gasteiger partial charge >= 0.3 is 0 Å². The molecule has 2 rings (SSSR count). The van der Waals surface area contributed by atoms with Crippen molar-refractivity contribution in [3.05, 3.63) is 45.4 Å². The zero-order chi connectivity index (χ0) is 16.8. The Bertz CT molecular complexity index is 699. The van der Waals surface area contributed by atoms with Crippen LogP contribution in [0.25, 0.3) is 0 Å². The van der Waals surface area contributed by atoms with Gasteiger partial charge in [0.25, 0.3) is 0 Å². The van der Waals surface area contributed by atoms with E-state index in [1.54, 1.807) is 0 Å². The SMILES string of the molecule is CC(=O)Cc1nnc([C@H](Cc2cccc(CN)c2)NC(C)=O)s1. The lowest BCUT2D eigenvalue weighted by atomic mass is 10.0. The lowest BCUT2D eigenvalue weighted by Crippen LogP contribution is -2.27. The van der Waals surface area contributed by atoms with Crippen molar-refractivity contribution in [3.63, 3.8) is 0 Å². The van der Waals surface area contributed by atoms with Crippen molar-refractivity contribution in [2.45, 2.75) is 39.3 Å². The van der Waals surface area contributed by atoms with E-state index in [4.69, 9.17) is 5.73 Å². The molecule has 23 heavy (non-hydrogen) atoms. The molecule has 0 aliphatic rings. The lowest BCUT2D eigenvalue weighted by molar-refractivity contribution is -0.119. The predicted octanol–water partition coefficient (Wildman–Crippen LogP) is 1.55. The third-order valence-electron chi connectivity index (χ3n) is 3.23. The Balaban J connectivity index is 2.20. The van der Waals surface area contributed by atoms with Gasteiger partial charge in [0.1, 0.15) is 15.8 Å². The number of aromatic nitrogens is 2. The van der Waals surface area contributed by atoms with E-state index in [1.165, 1.54) is 25.2 Å². The van der Waals surface area contributed by atoms with Crippen molar-refractivity contribution < 1.29 is 9.59 Å². The maximum Gasteiger partial charge on any atom is 0.217 e. The molecule has 7 heteroatoms. The predicted molar refractivity (Wildman–Crippen MR) is 88.9 cm³/mol. The number of nitrogens with two attached hydrogens (primary N) is 1. The minimum absolute atomic E-state index is 0.0411. The van der Waals surface area contributed by atoms with E-state index in [0.29, 0.717) is 23.0 Å². The van der Waals surface area contributed by atoms with Crippen LogP contribution < -0.4 is 11.1 Å². The maximum atomic E-state index is 11.5. The molecule has 1 atom stereocenters.